The van der Waals surface area contributed by atoms with Gasteiger partial charge in [0.15, 0.2) is 0 Å². The zero-order valence-electron chi connectivity index (χ0n) is 13.7. The first-order valence-electron chi connectivity index (χ1n) is 7.91. The summed E-state index contributed by atoms with van der Waals surface area (Å²) in [6.45, 7) is 2.17. The van der Waals surface area contributed by atoms with Gasteiger partial charge in [0.05, 0.1) is 6.42 Å². The van der Waals surface area contributed by atoms with Gasteiger partial charge in [-0.3, -0.25) is 29.4 Å². The second-order valence-electron chi connectivity index (χ2n) is 6.00. The third kappa shape index (κ3) is 3.52. The molecule has 1 aromatic carbocycles. The molecule has 1 aliphatic heterocycles. The number of benzene rings is 1. The number of H-pyrrole nitrogens is 2. The van der Waals surface area contributed by atoms with E-state index in [0.717, 1.165) is 11.8 Å². The fourth-order valence-corrected chi connectivity index (χ4v) is 2.90. The van der Waals surface area contributed by atoms with Crippen LogP contribution in [-0.2, 0) is 16.0 Å². The highest BCUT2D eigenvalue weighted by Gasteiger charge is 2.33. The van der Waals surface area contributed by atoms with Gasteiger partial charge in [-0.25, -0.2) is 0 Å². The van der Waals surface area contributed by atoms with E-state index >= 15 is 0 Å². The maximum absolute atomic E-state index is 12.5. The molecule has 2 aromatic rings. The lowest BCUT2D eigenvalue weighted by Gasteiger charge is -2.39. The molecular weight excluding hydrogens is 324 g/mol. The maximum Gasteiger partial charge on any atom is 0.266 e. The smallest absolute Gasteiger partial charge is 0.266 e. The van der Waals surface area contributed by atoms with Crippen LogP contribution in [0.1, 0.15) is 12.5 Å². The van der Waals surface area contributed by atoms with Crippen molar-refractivity contribution in [3.05, 3.63) is 62.7 Å². The fourth-order valence-electron chi connectivity index (χ4n) is 2.90. The van der Waals surface area contributed by atoms with Gasteiger partial charge in [0.25, 0.3) is 11.1 Å². The van der Waals surface area contributed by atoms with Crippen molar-refractivity contribution in [2.24, 2.45) is 0 Å². The average molecular weight is 342 g/mol. The van der Waals surface area contributed by atoms with Gasteiger partial charge >= 0.3 is 0 Å². The largest absolute Gasteiger partial charge is 0.329 e. The number of aromatic amines is 2. The van der Waals surface area contributed by atoms with Crippen LogP contribution in [0.2, 0.25) is 0 Å². The Morgan fingerprint density at radius 2 is 1.88 bits per heavy atom. The molecule has 1 saturated heterocycles. The lowest BCUT2D eigenvalue weighted by atomic mass is 10.1. The Hall–Kier alpha value is -3.16. The third-order valence-corrected chi connectivity index (χ3v) is 4.21. The number of nitrogens with one attached hydrogen (secondary N) is 2. The van der Waals surface area contributed by atoms with Crippen molar-refractivity contribution in [2.75, 3.05) is 18.0 Å². The summed E-state index contributed by atoms with van der Waals surface area (Å²) in [6.07, 6.45) is -0.220. The molecule has 0 spiro atoms. The molecule has 8 heteroatoms. The number of carbonyl (C=O) groups excluding carboxylic acids is 2. The molecule has 1 aromatic heterocycles. The molecule has 25 heavy (non-hydrogen) atoms. The van der Waals surface area contributed by atoms with E-state index in [1.807, 2.05) is 37.3 Å². The Morgan fingerprint density at radius 3 is 2.60 bits per heavy atom. The van der Waals surface area contributed by atoms with Gasteiger partial charge in [-0.05, 0) is 19.1 Å². The molecule has 0 radical (unpaired) electrons. The Balaban J connectivity index is 1.75. The van der Waals surface area contributed by atoms with Crippen LogP contribution in [0.3, 0.4) is 0 Å². The standard InChI is InChI=1S/C17H18N4O4/c1-11-9-21(13-5-3-2-4-6-13)16(24)10-20(11)15(23)8-12-7-14(22)18-19-17(12)25/h2-7,11H,8-10H2,1H3,(H,18,22)(H,19,25)/t11-/m0/s1. The highest BCUT2D eigenvalue weighted by molar-refractivity contribution is 5.98. The summed E-state index contributed by atoms with van der Waals surface area (Å²) in [7, 11) is 0. The summed E-state index contributed by atoms with van der Waals surface area (Å²) in [4.78, 5) is 51.1. The molecule has 0 unspecified atom stereocenters. The van der Waals surface area contributed by atoms with Gasteiger partial charge in [0, 0.05) is 29.9 Å². The molecule has 3 rings (SSSR count). The van der Waals surface area contributed by atoms with Gasteiger partial charge in [-0.2, -0.15) is 0 Å². The van der Waals surface area contributed by atoms with Crippen molar-refractivity contribution in [3.8, 4) is 0 Å². The van der Waals surface area contributed by atoms with Gasteiger partial charge < -0.3 is 9.80 Å². The van der Waals surface area contributed by atoms with E-state index in [1.165, 1.54) is 4.90 Å². The molecule has 2 heterocycles. The first kappa shape index (κ1) is 16.7. The highest BCUT2D eigenvalue weighted by atomic mass is 16.2. The van der Waals surface area contributed by atoms with Crippen LogP contribution in [-0.4, -0.2) is 46.0 Å². The molecule has 0 saturated carbocycles. The molecule has 1 fully saturated rings. The fraction of sp³-hybridized carbons (Fsp3) is 0.294. The van der Waals surface area contributed by atoms with Crippen molar-refractivity contribution < 1.29 is 9.59 Å². The van der Waals surface area contributed by atoms with E-state index in [9.17, 15) is 19.2 Å². The summed E-state index contributed by atoms with van der Waals surface area (Å²) in [5, 5.41) is 4.34. The Kier molecular flexibility index (Phi) is 4.51. The molecule has 1 atom stereocenters. The summed E-state index contributed by atoms with van der Waals surface area (Å²) in [5.74, 6) is -0.540. The minimum atomic E-state index is -0.519. The first-order valence-corrected chi connectivity index (χ1v) is 7.91. The van der Waals surface area contributed by atoms with Crippen molar-refractivity contribution in [2.45, 2.75) is 19.4 Å². The Bertz CT molecular complexity index is 903. The van der Waals surface area contributed by atoms with E-state index in [4.69, 9.17) is 0 Å². The number of rotatable bonds is 3. The Labute approximate surface area is 143 Å². The van der Waals surface area contributed by atoms with Crippen LogP contribution in [0.4, 0.5) is 5.69 Å². The maximum atomic E-state index is 12.5. The number of hydrogen-bond acceptors (Lipinski definition) is 4. The van der Waals surface area contributed by atoms with E-state index in [2.05, 4.69) is 10.2 Å². The van der Waals surface area contributed by atoms with Gasteiger partial charge in [0.2, 0.25) is 11.8 Å². The number of para-hydroxylation sites is 1. The third-order valence-electron chi connectivity index (χ3n) is 4.21. The molecule has 0 bridgehead atoms. The average Bonchev–Trinajstić information content (AvgIpc) is 2.60. The van der Waals surface area contributed by atoms with Crippen molar-refractivity contribution >= 4 is 17.5 Å². The molecule has 130 valence electrons. The van der Waals surface area contributed by atoms with Crippen LogP contribution < -0.4 is 16.0 Å². The topological polar surface area (TPSA) is 106 Å². The van der Waals surface area contributed by atoms with Crippen molar-refractivity contribution in [1.82, 2.24) is 15.1 Å². The SMILES string of the molecule is C[C@H]1CN(c2ccccc2)C(=O)CN1C(=O)Cc1cc(=O)[nH][nH]c1=O. The van der Waals surface area contributed by atoms with Gasteiger partial charge in [-0.15, -0.1) is 0 Å². The van der Waals surface area contributed by atoms with Gasteiger partial charge in [-0.1, -0.05) is 18.2 Å². The molecule has 8 nitrogen and oxygen atoms in total. The number of amides is 2. The zero-order chi connectivity index (χ0) is 18.0. The second kappa shape index (κ2) is 6.76. The van der Waals surface area contributed by atoms with Crippen molar-refractivity contribution in [1.29, 1.82) is 0 Å². The van der Waals surface area contributed by atoms with Crippen molar-refractivity contribution in [3.63, 3.8) is 0 Å². The highest BCUT2D eigenvalue weighted by Crippen LogP contribution is 2.20. The van der Waals surface area contributed by atoms with Crippen LogP contribution in [0.5, 0.6) is 0 Å². The lowest BCUT2D eigenvalue weighted by Crippen LogP contribution is -2.57. The number of carbonyl (C=O) groups is 2. The number of anilines is 1. The molecule has 0 aliphatic carbocycles. The van der Waals surface area contributed by atoms with E-state index < -0.39 is 11.1 Å². The predicted molar refractivity (Wildman–Crippen MR) is 91.4 cm³/mol. The van der Waals surface area contributed by atoms with Gasteiger partial charge in [0.1, 0.15) is 6.54 Å². The summed E-state index contributed by atoms with van der Waals surface area (Å²) in [6, 6.07) is 10.2. The summed E-state index contributed by atoms with van der Waals surface area (Å²) >= 11 is 0. The number of piperazine rings is 1. The summed E-state index contributed by atoms with van der Waals surface area (Å²) < 4.78 is 0. The second-order valence-corrected chi connectivity index (χ2v) is 6.00. The normalized spacial score (nSPS) is 17.6. The Morgan fingerprint density at radius 1 is 1.16 bits per heavy atom. The van der Waals surface area contributed by atoms with Crippen LogP contribution in [0.15, 0.2) is 46.0 Å². The lowest BCUT2D eigenvalue weighted by molar-refractivity contribution is -0.138. The van der Waals surface area contributed by atoms with E-state index in [0.29, 0.717) is 6.54 Å². The quantitative estimate of drug-likeness (QED) is 0.810. The summed E-state index contributed by atoms with van der Waals surface area (Å²) in [5.41, 5.74) is -0.133. The number of hydrogen-bond donors (Lipinski definition) is 2. The molecular formula is C17H18N4O4. The minimum Gasteiger partial charge on any atom is -0.329 e. The van der Waals surface area contributed by atoms with Crippen LogP contribution >= 0.6 is 0 Å². The van der Waals surface area contributed by atoms with Crippen LogP contribution in [0.25, 0.3) is 0 Å². The van der Waals surface area contributed by atoms with E-state index in [1.54, 1.807) is 4.90 Å². The number of aromatic nitrogens is 2. The predicted octanol–water partition coefficient (Wildman–Crippen LogP) is -0.130. The molecule has 2 amide bonds. The zero-order valence-corrected chi connectivity index (χ0v) is 13.7. The van der Waals surface area contributed by atoms with Crippen LogP contribution in [0, 0.1) is 0 Å². The first-order chi connectivity index (χ1) is 12.0. The number of nitrogens with zero attached hydrogens (tertiary/aromatic N) is 2. The van der Waals surface area contributed by atoms with E-state index in [-0.39, 0.29) is 36.4 Å². The monoisotopic (exact) mass is 342 g/mol. The molecule has 2 N–H and O–H groups in total. The minimum absolute atomic E-state index is 0.0595. The molecule has 1 aliphatic rings.